The Morgan fingerprint density at radius 1 is 1.39 bits per heavy atom. The number of nitrogens with zero attached hydrogens (tertiary/aromatic N) is 3. The van der Waals surface area contributed by atoms with E-state index in [0.29, 0.717) is 29.1 Å². The quantitative estimate of drug-likeness (QED) is 0.913. The minimum Gasteiger partial charge on any atom is -0.492 e. The fraction of sp³-hybridized carbons (Fsp3) is 0.273. The number of aliphatic hydroxyl groups excluding tert-OH is 1. The minimum atomic E-state index is -0.359. The molecule has 0 saturated carbocycles. The molecule has 0 spiro atoms. The van der Waals surface area contributed by atoms with Crippen LogP contribution in [0.4, 0.5) is 4.39 Å². The topological polar surface area (TPSA) is 60.2 Å². The zero-order valence-corrected chi connectivity index (χ0v) is 11.0. The molecule has 2 rings (SSSR count). The summed E-state index contributed by atoms with van der Waals surface area (Å²) in [5.41, 5.74) is 0.503. The Bertz CT molecular complexity index is 513. The first kappa shape index (κ1) is 13.0. The van der Waals surface area contributed by atoms with Crippen molar-refractivity contribution in [3.8, 4) is 5.75 Å². The van der Waals surface area contributed by atoms with Crippen LogP contribution in [0.25, 0.3) is 0 Å². The first-order valence-corrected chi connectivity index (χ1v) is 6.05. The standard InChI is InChI=1S/C11H11BrFN3O2/c12-8-3-9(13)5-11(4-8)18-2-1-16-6-10(7-17)14-15-16/h3-6,17H,1-2,7H2. The van der Waals surface area contributed by atoms with Gasteiger partial charge in [0.2, 0.25) is 0 Å². The Hall–Kier alpha value is -1.47. The van der Waals surface area contributed by atoms with Gasteiger partial charge in [-0.2, -0.15) is 0 Å². The molecule has 0 amide bonds. The van der Waals surface area contributed by atoms with Crippen LogP contribution in [0.15, 0.2) is 28.9 Å². The molecule has 18 heavy (non-hydrogen) atoms. The molecule has 7 heteroatoms. The van der Waals surface area contributed by atoms with Gasteiger partial charge in [-0.25, -0.2) is 9.07 Å². The summed E-state index contributed by atoms with van der Waals surface area (Å²) in [5.74, 6) is 0.0899. The predicted octanol–water partition coefficient (Wildman–Crippen LogP) is 1.75. The van der Waals surface area contributed by atoms with Crippen LogP contribution < -0.4 is 4.74 Å². The average molecular weight is 316 g/mol. The summed E-state index contributed by atoms with van der Waals surface area (Å²) < 4.78 is 20.6. The van der Waals surface area contributed by atoms with Gasteiger partial charge >= 0.3 is 0 Å². The molecule has 0 aliphatic carbocycles. The molecule has 0 fully saturated rings. The fourth-order valence-corrected chi connectivity index (χ4v) is 1.83. The maximum Gasteiger partial charge on any atom is 0.128 e. The lowest BCUT2D eigenvalue weighted by Crippen LogP contribution is -2.08. The van der Waals surface area contributed by atoms with Gasteiger partial charge < -0.3 is 9.84 Å². The Morgan fingerprint density at radius 2 is 2.22 bits per heavy atom. The highest BCUT2D eigenvalue weighted by Gasteiger charge is 2.02. The van der Waals surface area contributed by atoms with Crippen LogP contribution in [0.3, 0.4) is 0 Å². The van der Waals surface area contributed by atoms with Crippen molar-refractivity contribution in [1.29, 1.82) is 0 Å². The largest absolute Gasteiger partial charge is 0.492 e. The second-order valence-electron chi connectivity index (χ2n) is 3.58. The monoisotopic (exact) mass is 315 g/mol. The van der Waals surface area contributed by atoms with Crippen LogP contribution >= 0.6 is 15.9 Å². The van der Waals surface area contributed by atoms with E-state index in [4.69, 9.17) is 9.84 Å². The van der Waals surface area contributed by atoms with E-state index < -0.39 is 0 Å². The molecule has 2 aromatic rings. The van der Waals surface area contributed by atoms with E-state index in [2.05, 4.69) is 26.2 Å². The maximum absolute atomic E-state index is 13.1. The Morgan fingerprint density at radius 3 is 2.89 bits per heavy atom. The molecule has 1 N–H and O–H groups in total. The molecule has 0 saturated heterocycles. The van der Waals surface area contributed by atoms with Crippen LogP contribution in [0.2, 0.25) is 0 Å². The lowest BCUT2D eigenvalue weighted by Gasteiger charge is -2.06. The number of rotatable bonds is 5. The summed E-state index contributed by atoms with van der Waals surface area (Å²) >= 11 is 3.19. The van der Waals surface area contributed by atoms with Gasteiger partial charge in [-0.15, -0.1) is 5.10 Å². The summed E-state index contributed by atoms with van der Waals surface area (Å²) in [6, 6.07) is 4.35. The molecule has 5 nitrogen and oxygen atoms in total. The molecular weight excluding hydrogens is 305 g/mol. The number of halogens is 2. The van der Waals surface area contributed by atoms with Crippen molar-refractivity contribution >= 4 is 15.9 Å². The third-order valence-corrected chi connectivity index (χ3v) is 2.63. The van der Waals surface area contributed by atoms with Crippen LogP contribution in [0.1, 0.15) is 5.69 Å². The number of aliphatic hydroxyl groups is 1. The summed E-state index contributed by atoms with van der Waals surface area (Å²) in [4.78, 5) is 0. The van der Waals surface area contributed by atoms with E-state index in [-0.39, 0.29) is 12.4 Å². The van der Waals surface area contributed by atoms with Gasteiger partial charge in [-0.05, 0) is 12.1 Å². The third kappa shape index (κ3) is 3.51. The predicted molar refractivity (Wildman–Crippen MR) is 65.5 cm³/mol. The molecule has 96 valence electrons. The van der Waals surface area contributed by atoms with Gasteiger partial charge in [-0.3, -0.25) is 0 Å². The van der Waals surface area contributed by atoms with E-state index in [1.807, 2.05) is 0 Å². The molecule has 1 aromatic heterocycles. The average Bonchev–Trinajstić information content (AvgIpc) is 2.76. The van der Waals surface area contributed by atoms with Crippen molar-refractivity contribution in [3.63, 3.8) is 0 Å². The number of hydrogen-bond donors (Lipinski definition) is 1. The second kappa shape index (κ2) is 5.92. The van der Waals surface area contributed by atoms with E-state index in [0.717, 1.165) is 0 Å². The molecule has 0 atom stereocenters. The van der Waals surface area contributed by atoms with Crippen molar-refractivity contribution in [3.05, 3.63) is 40.4 Å². The lowest BCUT2D eigenvalue weighted by molar-refractivity contribution is 0.276. The van der Waals surface area contributed by atoms with Crippen LogP contribution in [-0.2, 0) is 13.2 Å². The molecule has 1 aromatic carbocycles. The smallest absolute Gasteiger partial charge is 0.128 e. The van der Waals surface area contributed by atoms with Gasteiger partial charge in [-0.1, -0.05) is 21.1 Å². The highest BCUT2D eigenvalue weighted by Crippen LogP contribution is 2.20. The van der Waals surface area contributed by atoms with Crippen molar-refractivity contribution in [2.24, 2.45) is 0 Å². The van der Waals surface area contributed by atoms with E-state index in [9.17, 15) is 4.39 Å². The van der Waals surface area contributed by atoms with Crippen molar-refractivity contribution in [2.45, 2.75) is 13.2 Å². The lowest BCUT2D eigenvalue weighted by atomic mass is 10.3. The first-order chi connectivity index (χ1) is 8.67. The van der Waals surface area contributed by atoms with Gasteiger partial charge in [0.05, 0.1) is 19.3 Å². The van der Waals surface area contributed by atoms with Crippen LogP contribution in [-0.4, -0.2) is 26.7 Å². The summed E-state index contributed by atoms with van der Waals surface area (Å²) in [6.07, 6.45) is 1.63. The molecule has 0 aliphatic rings. The molecular formula is C11H11BrFN3O2. The second-order valence-corrected chi connectivity index (χ2v) is 4.50. The molecule has 0 bridgehead atoms. The zero-order chi connectivity index (χ0) is 13.0. The fourth-order valence-electron chi connectivity index (χ4n) is 1.39. The Balaban J connectivity index is 1.88. The SMILES string of the molecule is OCc1cn(CCOc2cc(F)cc(Br)c2)nn1. The molecule has 0 radical (unpaired) electrons. The van der Waals surface area contributed by atoms with Gasteiger partial charge in [0.15, 0.2) is 0 Å². The Kier molecular flexibility index (Phi) is 4.27. The summed E-state index contributed by atoms with van der Waals surface area (Å²) in [6.45, 7) is 0.670. The van der Waals surface area contributed by atoms with Crippen LogP contribution in [0, 0.1) is 5.82 Å². The van der Waals surface area contributed by atoms with E-state index in [1.54, 1.807) is 16.9 Å². The third-order valence-electron chi connectivity index (χ3n) is 2.17. The number of benzene rings is 1. The zero-order valence-electron chi connectivity index (χ0n) is 9.38. The number of hydrogen-bond acceptors (Lipinski definition) is 4. The summed E-state index contributed by atoms with van der Waals surface area (Å²) in [5, 5.41) is 16.3. The normalized spacial score (nSPS) is 10.6. The van der Waals surface area contributed by atoms with Crippen LogP contribution in [0.5, 0.6) is 5.75 Å². The summed E-state index contributed by atoms with van der Waals surface area (Å²) in [7, 11) is 0. The van der Waals surface area contributed by atoms with Crippen molar-refractivity contribution in [1.82, 2.24) is 15.0 Å². The van der Waals surface area contributed by atoms with Crippen molar-refractivity contribution in [2.75, 3.05) is 6.61 Å². The van der Waals surface area contributed by atoms with Crippen molar-refractivity contribution < 1.29 is 14.2 Å². The number of aromatic nitrogens is 3. The highest BCUT2D eigenvalue weighted by atomic mass is 79.9. The number of ether oxygens (including phenoxy) is 1. The highest BCUT2D eigenvalue weighted by molar-refractivity contribution is 9.10. The molecule has 0 unspecified atom stereocenters. The van der Waals surface area contributed by atoms with E-state index >= 15 is 0 Å². The minimum absolute atomic E-state index is 0.141. The molecule has 1 heterocycles. The Labute approximate surface area is 111 Å². The molecule has 0 aliphatic heterocycles. The first-order valence-electron chi connectivity index (χ1n) is 5.26. The maximum atomic E-state index is 13.1. The van der Waals surface area contributed by atoms with Gasteiger partial charge in [0, 0.05) is 10.5 Å². The van der Waals surface area contributed by atoms with Gasteiger partial charge in [0.25, 0.3) is 0 Å². The van der Waals surface area contributed by atoms with Gasteiger partial charge in [0.1, 0.15) is 23.9 Å². The van der Waals surface area contributed by atoms with E-state index in [1.165, 1.54) is 12.1 Å².